The maximum atomic E-state index is 5.93. The maximum absolute atomic E-state index is 5.93. The number of hydrogen-bond donors (Lipinski definition) is 0. The van der Waals surface area contributed by atoms with Crippen molar-refractivity contribution < 1.29 is 4.74 Å². The molecule has 11 heavy (non-hydrogen) atoms. The van der Waals surface area contributed by atoms with Gasteiger partial charge in [0.2, 0.25) is 0 Å². The molecule has 0 aliphatic carbocycles. The van der Waals surface area contributed by atoms with Crippen LogP contribution in [0.2, 0.25) is 0 Å². The zero-order chi connectivity index (χ0) is 7.68. The third kappa shape index (κ3) is 1.12. The van der Waals surface area contributed by atoms with Crippen LogP contribution in [0.25, 0.3) is 5.03 Å². The summed E-state index contributed by atoms with van der Waals surface area (Å²) in [6.07, 6.45) is 1.86. The van der Waals surface area contributed by atoms with E-state index in [2.05, 4.69) is 0 Å². The number of rotatable bonds is 0. The van der Waals surface area contributed by atoms with Crippen molar-refractivity contribution in [1.82, 2.24) is 0 Å². The first-order valence-corrected chi connectivity index (χ1v) is 3.83. The molecule has 1 aliphatic heterocycles. The molecule has 0 unspecified atom stereocenters. The summed E-state index contributed by atoms with van der Waals surface area (Å²) in [5.41, 5.74) is 0.986. The van der Waals surface area contributed by atoms with E-state index in [-0.39, 0.29) is 0 Å². The van der Waals surface area contributed by atoms with Crippen LogP contribution in [0.15, 0.2) is 30.3 Å². The molecule has 0 amide bonds. The molecule has 0 saturated heterocycles. The van der Waals surface area contributed by atoms with Crippen molar-refractivity contribution in [2.24, 2.45) is 0 Å². The lowest BCUT2D eigenvalue weighted by Gasteiger charge is -2.13. The molecular formula is C9H7ClO. The summed E-state index contributed by atoms with van der Waals surface area (Å²) in [4.78, 5) is 0. The summed E-state index contributed by atoms with van der Waals surface area (Å²) < 4.78 is 5.33. The van der Waals surface area contributed by atoms with Gasteiger partial charge in [-0.2, -0.15) is 0 Å². The zero-order valence-corrected chi connectivity index (χ0v) is 6.64. The van der Waals surface area contributed by atoms with Crippen LogP contribution in [0.1, 0.15) is 5.56 Å². The molecule has 0 bridgehead atoms. The average Bonchev–Trinajstić information content (AvgIpc) is 2.06. The highest BCUT2D eigenvalue weighted by Crippen LogP contribution is 2.31. The highest BCUT2D eigenvalue weighted by molar-refractivity contribution is 6.49. The first-order chi connectivity index (χ1) is 5.38. The normalized spacial score (nSPS) is 14.8. The lowest BCUT2D eigenvalue weighted by Crippen LogP contribution is -2.01. The van der Waals surface area contributed by atoms with Crippen molar-refractivity contribution in [3.8, 4) is 5.75 Å². The molecule has 2 heteroatoms. The van der Waals surface area contributed by atoms with E-state index in [1.165, 1.54) is 0 Å². The fourth-order valence-electron chi connectivity index (χ4n) is 1.10. The van der Waals surface area contributed by atoms with E-state index in [0.717, 1.165) is 16.3 Å². The van der Waals surface area contributed by atoms with Crippen LogP contribution in [-0.2, 0) is 0 Å². The Morgan fingerprint density at radius 1 is 1.27 bits per heavy atom. The summed E-state index contributed by atoms with van der Waals surface area (Å²) >= 11 is 5.93. The van der Waals surface area contributed by atoms with Gasteiger partial charge in [0.1, 0.15) is 12.4 Å². The Bertz CT molecular complexity index is 304. The molecule has 1 aromatic carbocycles. The van der Waals surface area contributed by atoms with Gasteiger partial charge in [0.15, 0.2) is 0 Å². The standard InChI is InChI=1S/C9H7ClO/c10-8-5-6-11-9-4-2-1-3-7(8)9/h1-5H,6H2. The fourth-order valence-corrected chi connectivity index (χ4v) is 1.32. The SMILES string of the molecule is ClC1=CCOc2ccccc21. The predicted molar refractivity (Wildman–Crippen MR) is 45.8 cm³/mol. The molecule has 1 nitrogen and oxygen atoms in total. The Morgan fingerprint density at radius 3 is 2.91 bits per heavy atom. The molecule has 0 aromatic heterocycles. The zero-order valence-electron chi connectivity index (χ0n) is 5.88. The molecule has 2 rings (SSSR count). The highest BCUT2D eigenvalue weighted by atomic mass is 35.5. The molecule has 1 aromatic rings. The summed E-state index contributed by atoms with van der Waals surface area (Å²) in [6.45, 7) is 0.579. The number of benzene rings is 1. The molecule has 0 radical (unpaired) electrons. The number of fused-ring (bicyclic) bond motifs is 1. The summed E-state index contributed by atoms with van der Waals surface area (Å²) in [7, 11) is 0. The highest BCUT2D eigenvalue weighted by Gasteiger charge is 2.09. The molecule has 0 N–H and O–H groups in total. The summed E-state index contributed by atoms with van der Waals surface area (Å²) in [5, 5.41) is 0.784. The van der Waals surface area contributed by atoms with Gasteiger partial charge < -0.3 is 4.74 Å². The average molecular weight is 167 g/mol. The van der Waals surface area contributed by atoms with Crippen molar-refractivity contribution >= 4 is 16.6 Å². The topological polar surface area (TPSA) is 9.23 Å². The van der Waals surface area contributed by atoms with Crippen molar-refractivity contribution in [2.45, 2.75) is 0 Å². The van der Waals surface area contributed by atoms with E-state index in [1.807, 2.05) is 30.3 Å². The van der Waals surface area contributed by atoms with Crippen LogP contribution in [0.4, 0.5) is 0 Å². The van der Waals surface area contributed by atoms with Gasteiger partial charge in [0, 0.05) is 5.56 Å². The minimum Gasteiger partial charge on any atom is -0.489 e. The molecule has 0 spiro atoms. The van der Waals surface area contributed by atoms with Crippen molar-refractivity contribution in [3.05, 3.63) is 35.9 Å². The third-order valence-electron chi connectivity index (χ3n) is 1.65. The molecule has 0 fully saturated rings. The Morgan fingerprint density at radius 2 is 2.09 bits per heavy atom. The van der Waals surface area contributed by atoms with Gasteiger partial charge in [-0.15, -0.1) is 0 Å². The molecule has 0 saturated carbocycles. The molecule has 0 atom stereocenters. The van der Waals surface area contributed by atoms with Crippen LogP contribution in [0.5, 0.6) is 5.75 Å². The van der Waals surface area contributed by atoms with Gasteiger partial charge in [-0.1, -0.05) is 23.7 Å². The minimum absolute atomic E-state index is 0.579. The first-order valence-electron chi connectivity index (χ1n) is 3.46. The van der Waals surface area contributed by atoms with Gasteiger partial charge in [-0.05, 0) is 18.2 Å². The molecule has 1 heterocycles. The van der Waals surface area contributed by atoms with Gasteiger partial charge in [-0.25, -0.2) is 0 Å². The number of hydrogen-bond acceptors (Lipinski definition) is 1. The van der Waals surface area contributed by atoms with E-state index in [9.17, 15) is 0 Å². The van der Waals surface area contributed by atoms with Gasteiger partial charge in [0.05, 0.1) is 5.03 Å². The quantitative estimate of drug-likeness (QED) is 0.576. The minimum atomic E-state index is 0.579. The molecule has 1 aliphatic rings. The summed E-state index contributed by atoms with van der Waals surface area (Å²) in [5.74, 6) is 0.875. The Labute approximate surface area is 70.2 Å². The van der Waals surface area contributed by atoms with Crippen molar-refractivity contribution in [1.29, 1.82) is 0 Å². The molecule has 56 valence electrons. The van der Waals surface area contributed by atoms with E-state index in [4.69, 9.17) is 16.3 Å². The van der Waals surface area contributed by atoms with E-state index >= 15 is 0 Å². The lowest BCUT2D eigenvalue weighted by molar-refractivity contribution is 0.358. The van der Waals surface area contributed by atoms with Crippen LogP contribution >= 0.6 is 11.6 Å². The van der Waals surface area contributed by atoms with Gasteiger partial charge >= 0.3 is 0 Å². The molecular weight excluding hydrogens is 160 g/mol. The van der Waals surface area contributed by atoms with E-state index in [0.29, 0.717) is 6.61 Å². The Hall–Kier alpha value is -0.950. The van der Waals surface area contributed by atoms with Crippen LogP contribution in [0, 0.1) is 0 Å². The smallest absolute Gasteiger partial charge is 0.128 e. The number of para-hydroxylation sites is 1. The van der Waals surface area contributed by atoms with Crippen molar-refractivity contribution in [2.75, 3.05) is 6.61 Å². The largest absolute Gasteiger partial charge is 0.489 e. The third-order valence-corrected chi connectivity index (χ3v) is 2.00. The second kappa shape index (κ2) is 2.59. The maximum Gasteiger partial charge on any atom is 0.128 e. The second-order valence-corrected chi connectivity index (χ2v) is 2.77. The Balaban J connectivity index is 2.56. The van der Waals surface area contributed by atoms with Crippen LogP contribution in [-0.4, -0.2) is 6.61 Å². The first kappa shape index (κ1) is 6.74. The van der Waals surface area contributed by atoms with Crippen LogP contribution in [0.3, 0.4) is 0 Å². The monoisotopic (exact) mass is 166 g/mol. The number of halogens is 1. The number of ether oxygens (including phenoxy) is 1. The van der Waals surface area contributed by atoms with Crippen molar-refractivity contribution in [3.63, 3.8) is 0 Å². The summed E-state index contributed by atoms with van der Waals surface area (Å²) in [6, 6.07) is 7.76. The van der Waals surface area contributed by atoms with Gasteiger partial charge in [-0.3, -0.25) is 0 Å². The fraction of sp³-hybridized carbons (Fsp3) is 0.111. The van der Waals surface area contributed by atoms with E-state index < -0.39 is 0 Å². The van der Waals surface area contributed by atoms with Gasteiger partial charge in [0.25, 0.3) is 0 Å². The van der Waals surface area contributed by atoms with E-state index in [1.54, 1.807) is 0 Å². The second-order valence-electron chi connectivity index (χ2n) is 2.36. The van der Waals surface area contributed by atoms with Crippen LogP contribution < -0.4 is 4.74 Å². The lowest BCUT2D eigenvalue weighted by atomic mass is 10.1. The predicted octanol–water partition coefficient (Wildman–Crippen LogP) is 2.66. The Kier molecular flexibility index (Phi) is 1.59.